The van der Waals surface area contributed by atoms with Crippen LogP contribution in [-0.4, -0.2) is 75.5 Å². The van der Waals surface area contributed by atoms with Crippen LogP contribution >= 0.6 is 0 Å². The quantitative estimate of drug-likeness (QED) is 0.0277. The molecule has 292 valence electrons. The minimum absolute atomic E-state index is 0.0383. The SMILES string of the molecule is CCCC/C=C\C/C=C\CCCCCCCC(=O)OC(COCCC(C(=O)[O-])[N+](C)(C)C)COC(=O)CCCCCCCCCCCCCC. The third kappa shape index (κ3) is 31.8. The van der Waals surface area contributed by atoms with Gasteiger partial charge < -0.3 is 28.6 Å². The van der Waals surface area contributed by atoms with Crippen LogP contribution in [0.1, 0.15) is 174 Å². The Morgan fingerprint density at radius 1 is 0.600 bits per heavy atom. The summed E-state index contributed by atoms with van der Waals surface area (Å²) in [5, 5.41) is 11.6. The molecule has 0 radical (unpaired) electrons. The topological polar surface area (TPSA) is 102 Å². The number of allylic oxidation sites excluding steroid dienone is 4. The number of carboxylic acids is 1. The second-order valence-electron chi connectivity index (χ2n) is 14.9. The van der Waals surface area contributed by atoms with E-state index < -0.39 is 18.1 Å². The molecule has 0 N–H and O–H groups in total. The predicted octanol–water partition coefficient (Wildman–Crippen LogP) is 9.19. The van der Waals surface area contributed by atoms with E-state index in [1.807, 2.05) is 0 Å². The lowest BCUT2D eigenvalue weighted by Crippen LogP contribution is -2.55. The van der Waals surface area contributed by atoms with E-state index in [1.54, 1.807) is 21.1 Å². The highest BCUT2D eigenvalue weighted by atomic mass is 16.6. The monoisotopic (exact) mass is 708 g/mol. The molecule has 0 aliphatic carbocycles. The van der Waals surface area contributed by atoms with Gasteiger partial charge in [0.1, 0.15) is 12.6 Å². The molecular formula is C42H77NO7. The van der Waals surface area contributed by atoms with Crippen LogP contribution in [0.2, 0.25) is 0 Å². The summed E-state index contributed by atoms with van der Waals surface area (Å²) >= 11 is 0. The molecule has 0 bridgehead atoms. The Kier molecular flexibility index (Phi) is 32.4. The summed E-state index contributed by atoms with van der Waals surface area (Å²) in [5.74, 6) is -1.75. The maximum absolute atomic E-state index is 12.7. The van der Waals surface area contributed by atoms with Gasteiger partial charge in [0.15, 0.2) is 6.10 Å². The van der Waals surface area contributed by atoms with Crippen LogP contribution < -0.4 is 5.11 Å². The standard InChI is InChI=1S/C42H77NO7/c1-6-8-10-12-14-16-18-20-21-23-25-27-29-31-33-41(45)50-38(36-48-35-34-39(42(46)47)43(3,4)5)37-49-40(44)32-30-28-26-24-22-19-17-15-13-11-9-7-2/h12,14,18,20,38-39H,6-11,13,15-17,19,21-37H2,1-5H3/b14-12-,20-18-. The third-order valence-electron chi connectivity index (χ3n) is 9.09. The van der Waals surface area contributed by atoms with Gasteiger partial charge in [-0.25, -0.2) is 0 Å². The van der Waals surface area contributed by atoms with E-state index in [0.29, 0.717) is 12.8 Å². The first-order chi connectivity index (χ1) is 24.1. The number of unbranched alkanes of at least 4 members (excludes halogenated alkanes) is 18. The number of nitrogens with zero attached hydrogens (tertiary/aromatic N) is 1. The van der Waals surface area contributed by atoms with E-state index >= 15 is 0 Å². The molecule has 0 aromatic carbocycles. The van der Waals surface area contributed by atoms with Crippen LogP contribution in [0.5, 0.6) is 0 Å². The predicted molar refractivity (Wildman–Crippen MR) is 204 cm³/mol. The lowest BCUT2D eigenvalue weighted by molar-refractivity contribution is -0.889. The molecule has 8 heteroatoms. The Bertz CT molecular complexity index is 880. The van der Waals surface area contributed by atoms with E-state index in [1.165, 1.54) is 77.0 Å². The molecule has 0 aliphatic rings. The first-order valence-electron chi connectivity index (χ1n) is 20.4. The molecule has 50 heavy (non-hydrogen) atoms. The minimum Gasteiger partial charge on any atom is -0.544 e. The summed E-state index contributed by atoms with van der Waals surface area (Å²) in [5.41, 5.74) is 0. The average molecular weight is 708 g/mol. The fourth-order valence-corrected chi connectivity index (χ4v) is 5.85. The van der Waals surface area contributed by atoms with Crippen LogP contribution in [0.4, 0.5) is 0 Å². The Balaban J connectivity index is 4.41. The fourth-order valence-electron chi connectivity index (χ4n) is 5.85. The number of esters is 2. The summed E-state index contributed by atoms with van der Waals surface area (Å²) < 4.78 is 17.1. The largest absolute Gasteiger partial charge is 0.544 e. The molecule has 0 saturated heterocycles. The van der Waals surface area contributed by atoms with E-state index in [9.17, 15) is 19.5 Å². The fraction of sp³-hybridized carbons (Fsp3) is 0.833. The van der Waals surface area contributed by atoms with E-state index in [2.05, 4.69) is 38.2 Å². The van der Waals surface area contributed by atoms with Crippen molar-refractivity contribution < 1.29 is 38.2 Å². The lowest BCUT2D eigenvalue weighted by atomic mass is 10.0. The molecule has 0 fully saturated rings. The van der Waals surface area contributed by atoms with Gasteiger partial charge in [0.2, 0.25) is 0 Å². The maximum Gasteiger partial charge on any atom is 0.306 e. The van der Waals surface area contributed by atoms with Crippen molar-refractivity contribution in [2.45, 2.75) is 187 Å². The summed E-state index contributed by atoms with van der Waals surface area (Å²) in [7, 11) is 5.40. The van der Waals surface area contributed by atoms with Crippen molar-refractivity contribution in [3.63, 3.8) is 0 Å². The maximum atomic E-state index is 12.7. The van der Waals surface area contributed by atoms with Crippen LogP contribution in [0.3, 0.4) is 0 Å². The molecule has 0 aromatic heterocycles. The van der Waals surface area contributed by atoms with Crippen molar-refractivity contribution in [1.82, 2.24) is 0 Å². The minimum atomic E-state index is -1.13. The van der Waals surface area contributed by atoms with Gasteiger partial charge in [-0.1, -0.05) is 141 Å². The number of carbonyl (C=O) groups is 3. The molecule has 0 saturated carbocycles. The molecule has 0 aliphatic heterocycles. The molecule has 0 amide bonds. The van der Waals surface area contributed by atoms with Crippen LogP contribution in [0.25, 0.3) is 0 Å². The lowest BCUT2D eigenvalue weighted by Gasteiger charge is -2.34. The highest BCUT2D eigenvalue weighted by Crippen LogP contribution is 2.14. The van der Waals surface area contributed by atoms with Crippen molar-refractivity contribution in [2.24, 2.45) is 0 Å². The van der Waals surface area contributed by atoms with Gasteiger partial charge in [0.25, 0.3) is 0 Å². The van der Waals surface area contributed by atoms with E-state index in [4.69, 9.17) is 14.2 Å². The smallest absolute Gasteiger partial charge is 0.306 e. The molecule has 0 heterocycles. The first kappa shape index (κ1) is 47.8. The molecule has 0 spiro atoms. The zero-order valence-electron chi connectivity index (χ0n) is 33.1. The number of hydrogen-bond donors (Lipinski definition) is 0. The number of aliphatic carboxylic acids is 1. The van der Waals surface area contributed by atoms with Crippen LogP contribution in [-0.2, 0) is 28.6 Å². The summed E-state index contributed by atoms with van der Waals surface area (Å²) in [4.78, 5) is 36.7. The molecule has 0 rings (SSSR count). The van der Waals surface area contributed by atoms with Gasteiger partial charge in [-0.05, 0) is 38.5 Å². The van der Waals surface area contributed by atoms with Gasteiger partial charge in [-0.2, -0.15) is 0 Å². The zero-order valence-corrected chi connectivity index (χ0v) is 33.1. The Morgan fingerprint density at radius 3 is 1.60 bits per heavy atom. The van der Waals surface area contributed by atoms with Gasteiger partial charge in [-0.3, -0.25) is 9.59 Å². The summed E-state index contributed by atoms with van der Waals surface area (Å²) in [6, 6.07) is -0.724. The second kappa shape index (κ2) is 33.9. The first-order valence-corrected chi connectivity index (χ1v) is 20.4. The number of rotatable bonds is 36. The van der Waals surface area contributed by atoms with Crippen LogP contribution in [0, 0.1) is 0 Å². The van der Waals surface area contributed by atoms with Crippen molar-refractivity contribution in [2.75, 3.05) is 41.0 Å². The average Bonchev–Trinajstić information content (AvgIpc) is 3.06. The van der Waals surface area contributed by atoms with Gasteiger partial charge >= 0.3 is 11.9 Å². The number of likely N-dealkylation sites (N-methyl/N-ethyl adjacent to an activating group) is 1. The van der Waals surface area contributed by atoms with Gasteiger partial charge in [0, 0.05) is 19.3 Å². The number of carboxylic acid groups (broad SMARTS) is 1. The van der Waals surface area contributed by atoms with Crippen molar-refractivity contribution in [3.05, 3.63) is 24.3 Å². The zero-order chi connectivity index (χ0) is 37.1. The van der Waals surface area contributed by atoms with Crippen LogP contribution in [0.15, 0.2) is 24.3 Å². The number of ether oxygens (including phenoxy) is 3. The Hall–Kier alpha value is -2.19. The van der Waals surface area contributed by atoms with Crippen molar-refractivity contribution in [1.29, 1.82) is 0 Å². The van der Waals surface area contributed by atoms with E-state index in [0.717, 1.165) is 64.2 Å². The normalized spacial score (nSPS) is 13.2. The highest BCUT2D eigenvalue weighted by molar-refractivity contribution is 5.70. The number of carbonyl (C=O) groups excluding carboxylic acids is 3. The van der Waals surface area contributed by atoms with E-state index in [-0.39, 0.29) is 42.7 Å². The molecular weight excluding hydrogens is 630 g/mol. The Labute approximate surface area is 307 Å². The van der Waals surface area contributed by atoms with Crippen molar-refractivity contribution >= 4 is 17.9 Å². The van der Waals surface area contributed by atoms with Gasteiger partial charge in [-0.15, -0.1) is 0 Å². The number of quaternary nitrogens is 1. The second-order valence-corrected chi connectivity index (χ2v) is 14.9. The molecule has 0 aromatic rings. The van der Waals surface area contributed by atoms with Crippen molar-refractivity contribution in [3.8, 4) is 0 Å². The molecule has 2 atom stereocenters. The van der Waals surface area contributed by atoms with Gasteiger partial charge in [0.05, 0.1) is 40.3 Å². The third-order valence-corrected chi connectivity index (χ3v) is 9.09. The summed E-state index contributed by atoms with van der Waals surface area (Å²) in [6.07, 6.45) is 34.8. The highest BCUT2D eigenvalue weighted by Gasteiger charge is 2.25. The number of hydrogen-bond acceptors (Lipinski definition) is 7. The summed E-state index contributed by atoms with van der Waals surface area (Å²) in [6.45, 7) is 4.60. The Morgan fingerprint density at radius 2 is 1.08 bits per heavy atom. The molecule has 2 unspecified atom stereocenters. The molecule has 8 nitrogen and oxygen atoms in total.